The highest BCUT2D eigenvalue weighted by atomic mass is 19.1. The molecule has 0 spiro atoms. The van der Waals surface area contributed by atoms with Gasteiger partial charge in [-0.2, -0.15) is 0 Å². The van der Waals surface area contributed by atoms with E-state index in [1.807, 2.05) is 18.2 Å². The van der Waals surface area contributed by atoms with Crippen LogP contribution in [-0.2, 0) is 11.3 Å². The average Bonchev–Trinajstić information content (AvgIpc) is 3.40. The fourth-order valence-corrected chi connectivity index (χ4v) is 4.94. The minimum absolute atomic E-state index is 0.159. The van der Waals surface area contributed by atoms with Crippen molar-refractivity contribution in [1.82, 2.24) is 20.1 Å². The van der Waals surface area contributed by atoms with E-state index in [2.05, 4.69) is 25.4 Å². The number of halogens is 1. The first-order chi connectivity index (χ1) is 15.2. The Kier molecular flexibility index (Phi) is 5.65. The van der Waals surface area contributed by atoms with Crippen molar-refractivity contribution in [1.29, 1.82) is 0 Å². The molecule has 1 N–H and O–H groups in total. The molecule has 7 nitrogen and oxygen atoms in total. The molecule has 1 aliphatic carbocycles. The molecular formula is C23H26FN5O2. The molecule has 1 saturated carbocycles. The molecule has 31 heavy (non-hydrogen) atoms. The summed E-state index contributed by atoms with van der Waals surface area (Å²) < 4.78 is 25.1. The predicted molar refractivity (Wildman–Crippen MR) is 114 cm³/mol. The molecule has 1 aromatic carbocycles. The fraction of sp³-hybridized carbons (Fsp3) is 0.435. The zero-order chi connectivity index (χ0) is 21.2. The van der Waals surface area contributed by atoms with Gasteiger partial charge in [0.2, 0.25) is 11.8 Å². The number of nitrogens with zero attached hydrogens (tertiary/aromatic N) is 4. The normalized spacial score (nSPS) is 26.0. The standard InChI is InChI=1S/C23H26FN5O2/c1-30-20-11-17-13-29(12-16(17)10-19(20)26-21-7-2-3-8-25-21)14-22-27-28-23(31-22)15-5-4-6-18(24)9-15/h2-9,16-17,19-20H,10-14H2,1H3,(H,25,26)/t16-,17+,19-,20-/m1/s1. The SMILES string of the molecule is CO[C@@H]1C[C@H]2CN(Cc3nnc(-c4cccc(F)c4)o3)C[C@H]2C[C@H]1Nc1ccccn1. The monoisotopic (exact) mass is 423 g/mol. The highest BCUT2D eigenvalue weighted by molar-refractivity contribution is 5.52. The number of nitrogens with one attached hydrogen (secondary N) is 1. The second kappa shape index (κ2) is 8.72. The number of aromatic nitrogens is 3. The molecule has 162 valence electrons. The van der Waals surface area contributed by atoms with Crippen LogP contribution in [0, 0.1) is 17.7 Å². The van der Waals surface area contributed by atoms with Crippen molar-refractivity contribution in [2.24, 2.45) is 11.8 Å². The number of ether oxygens (including phenoxy) is 1. The lowest BCUT2D eigenvalue weighted by atomic mass is 9.77. The van der Waals surface area contributed by atoms with E-state index in [-0.39, 0.29) is 18.0 Å². The van der Waals surface area contributed by atoms with Gasteiger partial charge in [-0.05, 0) is 55.0 Å². The lowest BCUT2D eigenvalue weighted by molar-refractivity contribution is 0.0304. The second-order valence-electron chi connectivity index (χ2n) is 8.44. The fourth-order valence-electron chi connectivity index (χ4n) is 4.94. The van der Waals surface area contributed by atoms with Gasteiger partial charge in [0.1, 0.15) is 11.6 Å². The summed E-state index contributed by atoms with van der Waals surface area (Å²) in [6.45, 7) is 2.57. The maximum Gasteiger partial charge on any atom is 0.247 e. The minimum Gasteiger partial charge on any atom is -0.419 e. The second-order valence-corrected chi connectivity index (χ2v) is 8.44. The predicted octanol–water partition coefficient (Wildman–Crippen LogP) is 3.61. The van der Waals surface area contributed by atoms with Gasteiger partial charge in [0.05, 0.1) is 18.7 Å². The molecule has 0 radical (unpaired) electrons. The van der Waals surface area contributed by atoms with E-state index < -0.39 is 0 Å². The summed E-state index contributed by atoms with van der Waals surface area (Å²) in [5.74, 6) is 2.64. The number of likely N-dealkylation sites (tertiary alicyclic amines) is 1. The molecule has 1 aliphatic heterocycles. The molecule has 2 aliphatic rings. The number of fused-ring (bicyclic) bond motifs is 1. The van der Waals surface area contributed by atoms with Gasteiger partial charge >= 0.3 is 0 Å². The highest BCUT2D eigenvalue weighted by Crippen LogP contribution is 2.39. The van der Waals surface area contributed by atoms with Crippen LogP contribution in [0.3, 0.4) is 0 Å². The Bertz CT molecular complexity index is 1010. The number of hydrogen-bond donors (Lipinski definition) is 1. The van der Waals surface area contributed by atoms with Crippen LogP contribution in [0.15, 0.2) is 53.1 Å². The van der Waals surface area contributed by atoms with Crippen molar-refractivity contribution >= 4 is 5.82 Å². The molecular weight excluding hydrogens is 397 g/mol. The smallest absolute Gasteiger partial charge is 0.247 e. The largest absolute Gasteiger partial charge is 0.419 e. The third kappa shape index (κ3) is 4.45. The number of rotatable bonds is 6. The number of anilines is 1. The maximum atomic E-state index is 13.5. The van der Waals surface area contributed by atoms with E-state index in [1.165, 1.54) is 12.1 Å². The molecule has 2 fully saturated rings. The van der Waals surface area contributed by atoms with Crippen molar-refractivity contribution < 1.29 is 13.5 Å². The number of methoxy groups -OCH3 is 1. The van der Waals surface area contributed by atoms with Crippen molar-refractivity contribution in [3.8, 4) is 11.5 Å². The van der Waals surface area contributed by atoms with Gasteiger partial charge in [0.25, 0.3) is 0 Å². The Morgan fingerprint density at radius 1 is 1.13 bits per heavy atom. The number of hydrogen-bond acceptors (Lipinski definition) is 7. The van der Waals surface area contributed by atoms with E-state index >= 15 is 0 Å². The summed E-state index contributed by atoms with van der Waals surface area (Å²) in [5, 5.41) is 11.8. The van der Waals surface area contributed by atoms with Crippen LogP contribution in [0.1, 0.15) is 18.7 Å². The quantitative estimate of drug-likeness (QED) is 0.649. The Labute approximate surface area is 180 Å². The van der Waals surface area contributed by atoms with E-state index in [0.29, 0.717) is 35.7 Å². The lowest BCUT2D eigenvalue weighted by Crippen LogP contribution is -2.44. The van der Waals surface area contributed by atoms with Crippen LogP contribution in [0.25, 0.3) is 11.5 Å². The number of pyridine rings is 1. The summed E-state index contributed by atoms with van der Waals surface area (Å²) in [6, 6.07) is 12.4. The van der Waals surface area contributed by atoms with Gasteiger partial charge in [0.15, 0.2) is 0 Å². The van der Waals surface area contributed by atoms with E-state index in [1.54, 1.807) is 25.4 Å². The van der Waals surface area contributed by atoms with Crippen molar-refractivity contribution in [3.63, 3.8) is 0 Å². The van der Waals surface area contributed by atoms with Crippen molar-refractivity contribution in [2.75, 3.05) is 25.5 Å². The Morgan fingerprint density at radius 3 is 2.77 bits per heavy atom. The lowest BCUT2D eigenvalue weighted by Gasteiger charge is -2.37. The van der Waals surface area contributed by atoms with Gasteiger partial charge < -0.3 is 14.5 Å². The topological polar surface area (TPSA) is 76.3 Å². The first kappa shape index (κ1) is 20.1. The molecule has 8 heteroatoms. The first-order valence-electron chi connectivity index (χ1n) is 10.7. The first-order valence-corrected chi connectivity index (χ1v) is 10.7. The van der Waals surface area contributed by atoms with Gasteiger partial charge in [-0.15, -0.1) is 10.2 Å². The molecule has 3 heterocycles. The van der Waals surface area contributed by atoms with Gasteiger partial charge in [-0.1, -0.05) is 12.1 Å². The summed E-state index contributed by atoms with van der Waals surface area (Å²) in [7, 11) is 1.79. The van der Waals surface area contributed by atoms with E-state index in [0.717, 1.165) is 31.7 Å². The Balaban J connectivity index is 1.22. The van der Waals surface area contributed by atoms with Crippen LogP contribution in [0.5, 0.6) is 0 Å². The zero-order valence-corrected chi connectivity index (χ0v) is 17.4. The minimum atomic E-state index is -0.317. The molecule has 3 aromatic rings. The van der Waals surface area contributed by atoms with Crippen LogP contribution in [0.2, 0.25) is 0 Å². The Hall–Kier alpha value is -2.84. The van der Waals surface area contributed by atoms with Crippen LogP contribution in [0.4, 0.5) is 10.2 Å². The molecule has 1 saturated heterocycles. The maximum absolute atomic E-state index is 13.5. The number of benzene rings is 1. The summed E-state index contributed by atoms with van der Waals surface area (Å²) in [4.78, 5) is 6.77. The van der Waals surface area contributed by atoms with Gasteiger partial charge in [-0.3, -0.25) is 4.90 Å². The van der Waals surface area contributed by atoms with Crippen molar-refractivity contribution in [3.05, 3.63) is 60.4 Å². The third-order valence-electron chi connectivity index (χ3n) is 6.39. The van der Waals surface area contributed by atoms with Crippen LogP contribution < -0.4 is 5.32 Å². The molecule has 0 bridgehead atoms. The summed E-state index contributed by atoms with van der Waals surface area (Å²) in [6.07, 6.45) is 4.01. The third-order valence-corrected chi connectivity index (χ3v) is 6.39. The molecule has 0 amide bonds. The van der Waals surface area contributed by atoms with Crippen molar-refractivity contribution in [2.45, 2.75) is 31.5 Å². The summed E-state index contributed by atoms with van der Waals surface area (Å²) >= 11 is 0. The molecule has 5 rings (SSSR count). The zero-order valence-electron chi connectivity index (χ0n) is 17.4. The van der Waals surface area contributed by atoms with E-state index in [4.69, 9.17) is 9.15 Å². The van der Waals surface area contributed by atoms with Gasteiger partial charge in [-0.25, -0.2) is 9.37 Å². The Morgan fingerprint density at radius 2 is 2.00 bits per heavy atom. The summed E-state index contributed by atoms with van der Waals surface area (Å²) in [5.41, 5.74) is 0.597. The van der Waals surface area contributed by atoms with Crippen LogP contribution in [-0.4, -0.2) is 52.4 Å². The molecule has 0 unspecified atom stereocenters. The van der Waals surface area contributed by atoms with Gasteiger partial charge in [0, 0.05) is 32.0 Å². The average molecular weight is 423 g/mol. The van der Waals surface area contributed by atoms with E-state index in [9.17, 15) is 4.39 Å². The highest BCUT2D eigenvalue weighted by Gasteiger charge is 2.42. The molecule has 4 atom stereocenters. The molecule has 2 aromatic heterocycles. The van der Waals surface area contributed by atoms with Crippen LogP contribution >= 0.6 is 0 Å².